The maximum Gasteiger partial charge on any atom is 0.356 e. The summed E-state index contributed by atoms with van der Waals surface area (Å²) in [5.41, 5.74) is 2.59. The Balaban J connectivity index is 2.63. The van der Waals surface area contributed by atoms with Gasteiger partial charge in [0.05, 0.1) is 5.69 Å². The average molecular weight is 265 g/mol. The number of carbonyl (C=O) groups is 1. The molecule has 0 fully saturated rings. The van der Waals surface area contributed by atoms with Crippen LogP contribution in [0.5, 0.6) is 0 Å². The zero-order valence-electron chi connectivity index (χ0n) is 10.1. The van der Waals surface area contributed by atoms with E-state index in [0.29, 0.717) is 11.4 Å². The Bertz CT molecular complexity index is 605. The smallest absolute Gasteiger partial charge is 0.356 e. The summed E-state index contributed by atoms with van der Waals surface area (Å²) < 4.78 is 1.64. The number of carboxylic acids is 1. The standard InChI is InChI=1S/C13H13ClN2O2/c1-3-9-7-11(13(17)18)15-16(9)12-6-4-5-10(14)8(12)2/h4-7H,3H2,1-2H3,(H,17,18). The highest BCUT2D eigenvalue weighted by Crippen LogP contribution is 2.23. The quantitative estimate of drug-likeness (QED) is 0.927. The molecule has 1 heterocycles. The van der Waals surface area contributed by atoms with Crippen molar-refractivity contribution in [3.63, 3.8) is 0 Å². The molecule has 18 heavy (non-hydrogen) atoms. The Labute approximate surface area is 110 Å². The van der Waals surface area contributed by atoms with E-state index in [1.807, 2.05) is 26.0 Å². The second kappa shape index (κ2) is 4.82. The summed E-state index contributed by atoms with van der Waals surface area (Å²) in [7, 11) is 0. The molecule has 0 saturated carbocycles. The Morgan fingerprint density at radius 3 is 2.83 bits per heavy atom. The van der Waals surface area contributed by atoms with Crippen molar-refractivity contribution in [2.75, 3.05) is 0 Å². The summed E-state index contributed by atoms with van der Waals surface area (Å²) in [5, 5.41) is 13.7. The number of hydrogen-bond donors (Lipinski definition) is 1. The molecule has 0 bridgehead atoms. The Hall–Kier alpha value is -1.81. The molecule has 0 amide bonds. The normalized spacial score (nSPS) is 10.6. The molecule has 0 aliphatic heterocycles. The second-order valence-corrected chi connectivity index (χ2v) is 4.38. The molecular weight excluding hydrogens is 252 g/mol. The molecule has 0 atom stereocenters. The predicted octanol–water partition coefficient (Wildman–Crippen LogP) is 3.09. The summed E-state index contributed by atoms with van der Waals surface area (Å²) in [5.74, 6) is -1.02. The molecule has 0 unspecified atom stereocenters. The minimum absolute atomic E-state index is 0.0474. The lowest BCUT2D eigenvalue weighted by Crippen LogP contribution is -2.05. The van der Waals surface area contributed by atoms with Crippen LogP contribution in [0.1, 0.15) is 28.7 Å². The average Bonchev–Trinajstić information content (AvgIpc) is 2.76. The molecule has 94 valence electrons. The Morgan fingerprint density at radius 2 is 2.22 bits per heavy atom. The van der Waals surface area contributed by atoms with Gasteiger partial charge in [-0.25, -0.2) is 9.48 Å². The van der Waals surface area contributed by atoms with Crippen LogP contribution in [0.15, 0.2) is 24.3 Å². The molecule has 1 aromatic carbocycles. The lowest BCUT2D eigenvalue weighted by atomic mass is 10.2. The van der Waals surface area contributed by atoms with Crippen molar-refractivity contribution in [1.82, 2.24) is 9.78 Å². The lowest BCUT2D eigenvalue weighted by Gasteiger charge is -2.10. The van der Waals surface area contributed by atoms with Crippen molar-refractivity contribution in [3.05, 3.63) is 46.2 Å². The van der Waals surface area contributed by atoms with E-state index in [2.05, 4.69) is 5.10 Å². The van der Waals surface area contributed by atoms with E-state index in [-0.39, 0.29) is 5.69 Å². The van der Waals surface area contributed by atoms with Gasteiger partial charge in [0, 0.05) is 10.7 Å². The molecule has 1 aromatic heterocycles. The van der Waals surface area contributed by atoms with E-state index in [9.17, 15) is 4.79 Å². The van der Waals surface area contributed by atoms with Gasteiger partial charge in [-0.1, -0.05) is 24.6 Å². The van der Waals surface area contributed by atoms with Gasteiger partial charge in [-0.3, -0.25) is 0 Å². The summed E-state index contributed by atoms with van der Waals surface area (Å²) in [6.45, 7) is 3.85. The van der Waals surface area contributed by atoms with Crippen molar-refractivity contribution in [2.24, 2.45) is 0 Å². The summed E-state index contributed by atoms with van der Waals surface area (Å²) in [6, 6.07) is 7.08. The van der Waals surface area contributed by atoms with Gasteiger partial charge in [0.15, 0.2) is 5.69 Å². The third kappa shape index (κ3) is 2.11. The minimum atomic E-state index is -1.02. The first kappa shape index (κ1) is 12.6. The van der Waals surface area contributed by atoms with Crippen molar-refractivity contribution in [3.8, 4) is 5.69 Å². The van der Waals surface area contributed by atoms with Crippen molar-refractivity contribution >= 4 is 17.6 Å². The topological polar surface area (TPSA) is 55.1 Å². The first-order valence-electron chi connectivity index (χ1n) is 5.62. The van der Waals surface area contributed by atoms with Crippen LogP contribution in [-0.2, 0) is 6.42 Å². The van der Waals surface area contributed by atoms with Crippen LogP contribution in [0.3, 0.4) is 0 Å². The van der Waals surface area contributed by atoms with Gasteiger partial charge in [0.2, 0.25) is 0 Å². The minimum Gasteiger partial charge on any atom is -0.476 e. The van der Waals surface area contributed by atoms with Crippen LogP contribution in [0.2, 0.25) is 5.02 Å². The highest BCUT2D eigenvalue weighted by molar-refractivity contribution is 6.31. The molecule has 0 saturated heterocycles. The van der Waals surface area contributed by atoms with Gasteiger partial charge in [-0.05, 0) is 37.1 Å². The number of carboxylic acid groups (broad SMARTS) is 1. The molecule has 0 spiro atoms. The Morgan fingerprint density at radius 1 is 1.50 bits per heavy atom. The fourth-order valence-electron chi connectivity index (χ4n) is 1.81. The van der Waals surface area contributed by atoms with E-state index in [1.54, 1.807) is 16.8 Å². The number of rotatable bonds is 3. The van der Waals surface area contributed by atoms with E-state index in [0.717, 1.165) is 16.9 Å². The fraction of sp³-hybridized carbons (Fsp3) is 0.231. The fourth-order valence-corrected chi connectivity index (χ4v) is 1.98. The van der Waals surface area contributed by atoms with E-state index < -0.39 is 5.97 Å². The zero-order valence-corrected chi connectivity index (χ0v) is 10.9. The molecule has 2 aromatic rings. The maximum atomic E-state index is 11.0. The first-order chi connectivity index (χ1) is 8.54. The van der Waals surface area contributed by atoms with Gasteiger partial charge in [-0.2, -0.15) is 5.10 Å². The number of aryl methyl sites for hydroxylation is 1. The van der Waals surface area contributed by atoms with Crippen LogP contribution >= 0.6 is 11.6 Å². The third-order valence-electron chi connectivity index (χ3n) is 2.83. The largest absolute Gasteiger partial charge is 0.476 e. The molecule has 0 radical (unpaired) electrons. The lowest BCUT2D eigenvalue weighted by molar-refractivity contribution is 0.0690. The number of halogens is 1. The third-order valence-corrected chi connectivity index (χ3v) is 3.24. The second-order valence-electron chi connectivity index (χ2n) is 3.98. The van der Waals surface area contributed by atoms with Crippen molar-refractivity contribution < 1.29 is 9.90 Å². The molecule has 4 nitrogen and oxygen atoms in total. The van der Waals surface area contributed by atoms with E-state index in [1.165, 1.54) is 0 Å². The number of hydrogen-bond acceptors (Lipinski definition) is 2. The molecule has 0 aliphatic carbocycles. The van der Waals surface area contributed by atoms with E-state index in [4.69, 9.17) is 16.7 Å². The van der Waals surface area contributed by atoms with Crippen LogP contribution < -0.4 is 0 Å². The maximum absolute atomic E-state index is 11.0. The Kier molecular flexibility index (Phi) is 3.39. The summed E-state index contributed by atoms with van der Waals surface area (Å²) in [4.78, 5) is 11.0. The SMILES string of the molecule is CCc1cc(C(=O)O)nn1-c1cccc(Cl)c1C. The number of aromatic nitrogens is 2. The summed E-state index contributed by atoms with van der Waals surface area (Å²) in [6.07, 6.45) is 0.701. The molecule has 1 N–H and O–H groups in total. The first-order valence-corrected chi connectivity index (χ1v) is 6.00. The molecule has 2 rings (SSSR count). The number of benzene rings is 1. The highest BCUT2D eigenvalue weighted by atomic mass is 35.5. The predicted molar refractivity (Wildman–Crippen MR) is 69.6 cm³/mol. The molecular formula is C13H13ClN2O2. The highest BCUT2D eigenvalue weighted by Gasteiger charge is 2.15. The summed E-state index contributed by atoms with van der Waals surface area (Å²) >= 11 is 6.07. The molecule has 0 aliphatic rings. The van der Waals surface area contributed by atoms with Crippen LogP contribution in [0, 0.1) is 6.92 Å². The van der Waals surface area contributed by atoms with Gasteiger partial charge < -0.3 is 5.11 Å². The number of nitrogens with zero attached hydrogens (tertiary/aromatic N) is 2. The van der Waals surface area contributed by atoms with Crippen LogP contribution in [0.25, 0.3) is 5.69 Å². The van der Waals surface area contributed by atoms with Gasteiger partial charge in [0.25, 0.3) is 0 Å². The van der Waals surface area contributed by atoms with Gasteiger partial charge in [-0.15, -0.1) is 0 Å². The van der Waals surface area contributed by atoms with Crippen LogP contribution in [-0.4, -0.2) is 20.9 Å². The zero-order chi connectivity index (χ0) is 13.3. The van der Waals surface area contributed by atoms with E-state index >= 15 is 0 Å². The number of aromatic carboxylic acids is 1. The molecule has 5 heteroatoms. The monoisotopic (exact) mass is 264 g/mol. The van der Waals surface area contributed by atoms with Crippen LogP contribution in [0.4, 0.5) is 0 Å². The van der Waals surface area contributed by atoms with Gasteiger partial charge >= 0.3 is 5.97 Å². The van der Waals surface area contributed by atoms with Crippen molar-refractivity contribution in [2.45, 2.75) is 20.3 Å². The van der Waals surface area contributed by atoms with Crippen molar-refractivity contribution in [1.29, 1.82) is 0 Å². The van der Waals surface area contributed by atoms with Gasteiger partial charge in [0.1, 0.15) is 0 Å².